The smallest absolute Gasteiger partial charge is 0.315 e. The fourth-order valence-corrected chi connectivity index (χ4v) is 10.4. The van der Waals surface area contributed by atoms with Gasteiger partial charge >= 0.3 is 12.1 Å². The number of hydrogen-bond acceptors (Lipinski definition) is 3. The fraction of sp³-hybridized carbons (Fsp3) is 0.367. The molecule has 0 aliphatic carbocycles. The third kappa shape index (κ3) is 6.59. The summed E-state index contributed by atoms with van der Waals surface area (Å²) in [6.07, 6.45) is 15.9. The second-order valence-corrected chi connectivity index (χ2v) is 16.2. The lowest BCUT2D eigenvalue weighted by atomic mass is 9.91. The summed E-state index contributed by atoms with van der Waals surface area (Å²) < 4.78 is 0. The van der Waals surface area contributed by atoms with Gasteiger partial charge in [0.05, 0.1) is 23.7 Å². The minimum absolute atomic E-state index is 0.127. The third-order valence-corrected chi connectivity index (χ3v) is 13.1. The maximum atomic E-state index is 13.6. The second-order valence-electron chi connectivity index (χ2n) is 16.2. The molecule has 4 aromatic carbocycles. The Kier molecular flexibility index (Phi) is 9.98. The number of aryl methyl sites for hydroxylation is 3. The summed E-state index contributed by atoms with van der Waals surface area (Å²) >= 11 is 0. The van der Waals surface area contributed by atoms with E-state index in [9.17, 15) is 14.9 Å². The number of nitrogens with zero attached hydrogens (tertiary/aromatic N) is 5. The van der Waals surface area contributed by atoms with Crippen LogP contribution in [0.15, 0.2) is 109 Å². The van der Waals surface area contributed by atoms with Crippen LogP contribution in [0.3, 0.4) is 0 Å². The number of fused-ring (bicyclic) bond motifs is 6. The SMILES string of the molecule is CCc1ccccc1C1=CC2CCC(C1)N2C(=O)N1CCCc2ccccc21.N#Cc1ccccc1C1=CC2CCC(C1)N2C(=O)N1CCCc2ccccc21. The zero-order chi connectivity index (χ0) is 38.2. The van der Waals surface area contributed by atoms with Gasteiger partial charge in [-0.25, -0.2) is 9.59 Å². The number of para-hydroxylation sites is 2. The molecule has 0 radical (unpaired) electrons. The van der Waals surface area contributed by atoms with Gasteiger partial charge in [-0.3, -0.25) is 9.80 Å². The van der Waals surface area contributed by atoms with Crippen LogP contribution in [-0.4, -0.2) is 59.1 Å². The molecule has 0 saturated carbocycles. The Morgan fingerprint density at radius 1 is 0.625 bits per heavy atom. The summed E-state index contributed by atoms with van der Waals surface area (Å²) in [5.74, 6) is 0. The van der Waals surface area contributed by atoms with Gasteiger partial charge in [0.15, 0.2) is 0 Å². The lowest BCUT2D eigenvalue weighted by Crippen LogP contribution is -2.51. The zero-order valence-corrected chi connectivity index (χ0v) is 32.4. The summed E-state index contributed by atoms with van der Waals surface area (Å²) in [5.41, 5.74) is 12.0. The molecule has 2 fully saturated rings. The molecule has 4 bridgehead atoms. The number of anilines is 2. The monoisotopic (exact) mass is 741 g/mol. The number of rotatable bonds is 3. The topological polar surface area (TPSA) is 70.9 Å². The molecular formula is C49H51N5O2. The number of amides is 4. The molecule has 4 atom stereocenters. The number of benzene rings is 4. The van der Waals surface area contributed by atoms with E-state index in [1.807, 2.05) is 40.1 Å². The van der Waals surface area contributed by atoms with Crippen molar-refractivity contribution in [3.63, 3.8) is 0 Å². The molecule has 7 nitrogen and oxygen atoms in total. The molecule has 10 rings (SSSR count). The number of urea groups is 2. The highest BCUT2D eigenvalue weighted by Gasteiger charge is 2.44. The van der Waals surface area contributed by atoms with Crippen LogP contribution in [0.5, 0.6) is 0 Å². The van der Waals surface area contributed by atoms with E-state index in [1.165, 1.54) is 33.4 Å². The van der Waals surface area contributed by atoms with E-state index in [-0.39, 0.29) is 30.2 Å². The first-order valence-electron chi connectivity index (χ1n) is 20.9. The predicted octanol–water partition coefficient (Wildman–Crippen LogP) is 10.2. The van der Waals surface area contributed by atoms with Crippen LogP contribution >= 0.6 is 0 Å². The van der Waals surface area contributed by atoms with Gasteiger partial charge in [0.2, 0.25) is 0 Å². The highest BCUT2D eigenvalue weighted by atomic mass is 16.2. The fourth-order valence-electron chi connectivity index (χ4n) is 10.4. The minimum atomic E-state index is 0.127. The summed E-state index contributed by atoms with van der Waals surface area (Å²) in [6, 6.07) is 36.8. The highest BCUT2D eigenvalue weighted by Crippen LogP contribution is 2.43. The van der Waals surface area contributed by atoms with Crippen molar-refractivity contribution in [2.75, 3.05) is 22.9 Å². The number of carbonyl (C=O) groups excluding carboxylic acids is 2. The molecule has 0 N–H and O–H groups in total. The van der Waals surface area contributed by atoms with Gasteiger partial charge in [-0.15, -0.1) is 0 Å². The van der Waals surface area contributed by atoms with Crippen LogP contribution in [0.25, 0.3) is 11.1 Å². The van der Waals surface area contributed by atoms with Gasteiger partial charge < -0.3 is 9.80 Å². The molecule has 6 heterocycles. The molecule has 56 heavy (non-hydrogen) atoms. The van der Waals surface area contributed by atoms with Gasteiger partial charge in [0.25, 0.3) is 0 Å². The van der Waals surface area contributed by atoms with E-state index in [2.05, 4.69) is 102 Å². The quantitative estimate of drug-likeness (QED) is 0.210. The molecule has 7 heteroatoms. The Morgan fingerprint density at radius 2 is 1.11 bits per heavy atom. The van der Waals surface area contributed by atoms with Crippen molar-refractivity contribution in [2.45, 2.75) is 102 Å². The Morgan fingerprint density at radius 3 is 1.64 bits per heavy atom. The van der Waals surface area contributed by atoms with E-state index < -0.39 is 0 Å². The number of carbonyl (C=O) groups is 2. The van der Waals surface area contributed by atoms with Crippen molar-refractivity contribution in [1.82, 2.24) is 9.80 Å². The van der Waals surface area contributed by atoms with Crippen molar-refractivity contribution in [3.8, 4) is 6.07 Å². The lowest BCUT2D eigenvalue weighted by molar-refractivity contribution is 0.185. The Bertz CT molecular complexity index is 2250. The molecular weight excluding hydrogens is 691 g/mol. The van der Waals surface area contributed by atoms with Crippen molar-refractivity contribution in [2.24, 2.45) is 0 Å². The largest absolute Gasteiger partial charge is 0.325 e. The van der Waals surface area contributed by atoms with Gasteiger partial charge in [0, 0.05) is 36.5 Å². The first-order valence-corrected chi connectivity index (χ1v) is 20.9. The summed E-state index contributed by atoms with van der Waals surface area (Å²) in [4.78, 5) is 35.4. The van der Waals surface area contributed by atoms with E-state index in [0.717, 1.165) is 106 Å². The van der Waals surface area contributed by atoms with Crippen LogP contribution < -0.4 is 9.80 Å². The summed E-state index contributed by atoms with van der Waals surface area (Å²) in [5, 5.41) is 9.45. The normalized spacial score (nSPS) is 23.2. The van der Waals surface area contributed by atoms with Crippen LogP contribution in [0.2, 0.25) is 0 Å². The van der Waals surface area contributed by atoms with Crippen molar-refractivity contribution < 1.29 is 9.59 Å². The van der Waals surface area contributed by atoms with Gasteiger partial charge in [-0.1, -0.05) is 97.9 Å². The van der Waals surface area contributed by atoms with E-state index in [4.69, 9.17) is 0 Å². The highest BCUT2D eigenvalue weighted by molar-refractivity contribution is 5.96. The molecule has 284 valence electrons. The van der Waals surface area contributed by atoms with Gasteiger partial charge in [0.1, 0.15) is 0 Å². The van der Waals surface area contributed by atoms with Crippen LogP contribution in [0.4, 0.5) is 21.0 Å². The molecule has 4 unspecified atom stereocenters. The molecule has 4 aromatic rings. The van der Waals surface area contributed by atoms with Crippen molar-refractivity contribution >= 4 is 34.6 Å². The molecule has 4 amide bonds. The van der Waals surface area contributed by atoms with E-state index >= 15 is 0 Å². The first-order chi connectivity index (χ1) is 27.5. The first kappa shape index (κ1) is 36.1. The number of hydrogen-bond donors (Lipinski definition) is 0. The maximum absolute atomic E-state index is 13.6. The molecule has 0 aromatic heterocycles. The predicted molar refractivity (Wildman–Crippen MR) is 224 cm³/mol. The van der Waals surface area contributed by atoms with Crippen molar-refractivity contribution in [3.05, 3.63) is 143 Å². The Balaban J connectivity index is 0.000000146. The second kappa shape index (κ2) is 15.5. The zero-order valence-electron chi connectivity index (χ0n) is 32.4. The molecule has 0 spiro atoms. The molecule has 6 aliphatic heterocycles. The summed E-state index contributed by atoms with van der Waals surface area (Å²) in [6.45, 7) is 3.85. The van der Waals surface area contributed by atoms with Gasteiger partial charge in [-0.05, 0) is 128 Å². The average molecular weight is 742 g/mol. The third-order valence-electron chi connectivity index (χ3n) is 13.1. The van der Waals surface area contributed by atoms with Crippen molar-refractivity contribution in [1.29, 1.82) is 5.26 Å². The molecule has 6 aliphatic rings. The molecule has 2 saturated heterocycles. The Labute approximate surface area is 331 Å². The standard InChI is InChI=1S/C25H28N2O.C24H23N3O/c1-2-18-8-3-5-11-23(18)20-16-21-13-14-22(17-20)27(21)25(28)26-15-7-10-19-9-4-6-12-24(19)26;25-16-18-7-1-3-9-22(18)19-14-20-11-12-21(15-19)27(20)24(28)26-13-5-8-17-6-2-4-10-23(17)26/h3-6,8-9,11-12,16,21-22H,2,7,10,13-15,17H2,1H3;1-4,6-7,9-10,14,20-21H,5,8,11-13,15H2. The minimum Gasteiger partial charge on any atom is -0.315 e. The van der Waals surface area contributed by atoms with Crippen LogP contribution in [0.1, 0.15) is 91.7 Å². The Hall–Kier alpha value is -5.61. The summed E-state index contributed by atoms with van der Waals surface area (Å²) in [7, 11) is 0. The number of nitriles is 1. The van der Waals surface area contributed by atoms with E-state index in [0.29, 0.717) is 6.04 Å². The van der Waals surface area contributed by atoms with Crippen LogP contribution in [0, 0.1) is 11.3 Å². The average Bonchev–Trinajstić information content (AvgIpc) is 3.68. The maximum Gasteiger partial charge on any atom is 0.325 e. The van der Waals surface area contributed by atoms with Crippen LogP contribution in [-0.2, 0) is 19.3 Å². The van der Waals surface area contributed by atoms with E-state index in [1.54, 1.807) is 0 Å². The lowest BCUT2D eigenvalue weighted by Gasteiger charge is -2.40. The van der Waals surface area contributed by atoms with Gasteiger partial charge in [-0.2, -0.15) is 5.26 Å².